The highest BCUT2D eigenvalue weighted by Gasteiger charge is 2.16. The van der Waals surface area contributed by atoms with Crippen molar-refractivity contribution in [2.45, 2.75) is 33.2 Å². The molecule has 2 radical (unpaired) electrons. The Kier molecular flexibility index (Phi) is 6.29. The lowest BCUT2D eigenvalue weighted by atomic mass is 9.90. The molecular formula is C12H20OSi. The Labute approximate surface area is 90.5 Å². The van der Waals surface area contributed by atoms with E-state index >= 15 is 0 Å². The van der Waals surface area contributed by atoms with Crippen LogP contribution in [-0.4, -0.2) is 9.76 Å². The SMILES string of the molecule is C=C(CC)C(=C)C(CC)C(=C)O[Si]C. The molecule has 0 aliphatic rings. The summed E-state index contributed by atoms with van der Waals surface area (Å²) >= 11 is 0. The fourth-order valence-corrected chi connectivity index (χ4v) is 1.75. The Morgan fingerprint density at radius 1 is 1.29 bits per heavy atom. The maximum absolute atomic E-state index is 5.44. The van der Waals surface area contributed by atoms with E-state index in [0.29, 0.717) is 9.76 Å². The van der Waals surface area contributed by atoms with Crippen molar-refractivity contribution in [1.82, 2.24) is 0 Å². The van der Waals surface area contributed by atoms with E-state index < -0.39 is 0 Å². The van der Waals surface area contributed by atoms with Crippen molar-refractivity contribution in [1.29, 1.82) is 0 Å². The second-order valence-corrected chi connectivity index (χ2v) is 3.83. The second kappa shape index (κ2) is 6.66. The van der Waals surface area contributed by atoms with Crippen LogP contribution in [0.15, 0.2) is 36.6 Å². The summed E-state index contributed by atoms with van der Waals surface area (Å²) in [5.41, 5.74) is 2.17. The molecule has 0 heterocycles. The summed E-state index contributed by atoms with van der Waals surface area (Å²) in [4.78, 5) is 0. The molecule has 0 N–H and O–H groups in total. The van der Waals surface area contributed by atoms with Crippen LogP contribution >= 0.6 is 0 Å². The van der Waals surface area contributed by atoms with Gasteiger partial charge in [0.15, 0.2) is 0 Å². The molecule has 0 fully saturated rings. The molecule has 0 aliphatic carbocycles. The third kappa shape index (κ3) is 3.54. The second-order valence-electron chi connectivity index (χ2n) is 3.22. The average Bonchev–Trinajstić information content (AvgIpc) is 2.18. The Morgan fingerprint density at radius 2 is 1.86 bits per heavy atom. The molecule has 0 bridgehead atoms. The maximum atomic E-state index is 5.44. The first kappa shape index (κ1) is 13.2. The van der Waals surface area contributed by atoms with Gasteiger partial charge >= 0.3 is 9.76 Å². The van der Waals surface area contributed by atoms with Crippen LogP contribution in [0.2, 0.25) is 6.55 Å². The number of rotatable bonds is 7. The van der Waals surface area contributed by atoms with Crippen molar-refractivity contribution in [3.8, 4) is 0 Å². The first-order valence-corrected chi connectivity index (χ1v) is 6.38. The highest BCUT2D eigenvalue weighted by molar-refractivity contribution is 6.25. The zero-order valence-electron chi connectivity index (χ0n) is 9.52. The van der Waals surface area contributed by atoms with Crippen molar-refractivity contribution in [2.75, 3.05) is 0 Å². The van der Waals surface area contributed by atoms with E-state index in [-0.39, 0.29) is 5.92 Å². The van der Waals surface area contributed by atoms with Gasteiger partial charge < -0.3 is 4.43 Å². The van der Waals surface area contributed by atoms with E-state index in [9.17, 15) is 0 Å². The average molecular weight is 208 g/mol. The molecule has 0 aromatic heterocycles. The summed E-state index contributed by atoms with van der Waals surface area (Å²) < 4.78 is 5.44. The van der Waals surface area contributed by atoms with E-state index in [4.69, 9.17) is 4.43 Å². The number of hydrogen-bond donors (Lipinski definition) is 0. The van der Waals surface area contributed by atoms with Gasteiger partial charge in [0.25, 0.3) is 0 Å². The molecule has 1 nitrogen and oxygen atoms in total. The van der Waals surface area contributed by atoms with Gasteiger partial charge in [0.2, 0.25) is 0 Å². The Hall–Kier alpha value is -0.763. The fraction of sp³-hybridized carbons (Fsp3) is 0.500. The molecule has 0 saturated carbocycles. The minimum Gasteiger partial charge on any atom is -0.544 e. The summed E-state index contributed by atoms with van der Waals surface area (Å²) in [6.45, 7) is 18.2. The fourth-order valence-electron chi connectivity index (χ4n) is 1.34. The third-order valence-corrected chi connectivity index (χ3v) is 2.80. The van der Waals surface area contributed by atoms with Gasteiger partial charge in [0.1, 0.15) is 0 Å². The van der Waals surface area contributed by atoms with Crippen LogP contribution in [0.1, 0.15) is 26.7 Å². The summed E-state index contributed by atoms with van der Waals surface area (Å²) in [7, 11) is 0.451. The third-order valence-electron chi connectivity index (χ3n) is 2.33. The minimum absolute atomic E-state index is 0.231. The molecule has 1 unspecified atom stereocenters. The van der Waals surface area contributed by atoms with E-state index in [1.165, 1.54) is 0 Å². The quantitative estimate of drug-likeness (QED) is 0.352. The molecule has 1 atom stereocenters. The monoisotopic (exact) mass is 208 g/mol. The first-order chi connectivity index (χ1) is 6.58. The molecular weight excluding hydrogens is 188 g/mol. The minimum atomic E-state index is 0.231. The molecule has 78 valence electrons. The molecule has 0 saturated heterocycles. The van der Waals surface area contributed by atoms with Crippen LogP contribution in [0.4, 0.5) is 0 Å². The van der Waals surface area contributed by atoms with E-state index in [2.05, 4.69) is 33.6 Å². The van der Waals surface area contributed by atoms with Gasteiger partial charge in [-0.2, -0.15) is 0 Å². The number of hydrogen-bond acceptors (Lipinski definition) is 1. The molecule has 0 spiro atoms. The van der Waals surface area contributed by atoms with Crippen LogP contribution in [0, 0.1) is 5.92 Å². The topological polar surface area (TPSA) is 9.23 Å². The standard InChI is InChI=1S/C12H20OSi/c1-7-9(3)10(4)12(8-2)11(5)13-14-6/h12H,3-5,7-8H2,1-2,6H3. The van der Waals surface area contributed by atoms with Crippen LogP contribution in [0.25, 0.3) is 0 Å². The van der Waals surface area contributed by atoms with Gasteiger partial charge in [-0.1, -0.05) is 39.2 Å². The lowest BCUT2D eigenvalue weighted by Gasteiger charge is -2.21. The Morgan fingerprint density at radius 3 is 2.21 bits per heavy atom. The van der Waals surface area contributed by atoms with Crippen molar-refractivity contribution in [2.24, 2.45) is 5.92 Å². The Bertz CT molecular complexity index is 230. The normalized spacial score (nSPS) is 11.9. The molecule has 2 heteroatoms. The predicted molar refractivity (Wildman–Crippen MR) is 64.2 cm³/mol. The Balaban J connectivity index is 4.47. The molecule has 0 rings (SSSR count). The van der Waals surface area contributed by atoms with E-state index in [1.54, 1.807) is 0 Å². The summed E-state index contributed by atoms with van der Waals surface area (Å²) in [5.74, 6) is 1.06. The van der Waals surface area contributed by atoms with Gasteiger partial charge in [0, 0.05) is 5.92 Å². The zero-order valence-corrected chi connectivity index (χ0v) is 10.5. The van der Waals surface area contributed by atoms with Gasteiger partial charge in [-0.15, -0.1) is 0 Å². The highest BCUT2D eigenvalue weighted by atomic mass is 28.2. The number of allylic oxidation sites excluding steroid dienone is 2. The summed E-state index contributed by atoms with van der Waals surface area (Å²) in [6, 6.07) is 0. The summed E-state index contributed by atoms with van der Waals surface area (Å²) in [6.07, 6.45) is 1.91. The summed E-state index contributed by atoms with van der Waals surface area (Å²) in [5, 5.41) is 0. The molecule has 0 aromatic rings. The molecule has 0 aliphatic heterocycles. The van der Waals surface area contributed by atoms with Crippen molar-refractivity contribution in [3.63, 3.8) is 0 Å². The predicted octanol–water partition coefficient (Wildman–Crippen LogP) is 3.73. The molecule has 0 amide bonds. The van der Waals surface area contributed by atoms with Gasteiger partial charge in [0.05, 0.1) is 5.76 Å². The van der Waals surface area contributed by atoms with Crippen LogP contribution in [0.3, 0.4) is 0 Å². The van der Waals surface area contributed by atoms with Gasteiger partial charge in [-0.05, 0) is 25.0 Å². The van der Waals surface area contributed by atoms with Crippen LogP contribution < -0.4 is 0 Å². The van der Waals surface area contributed by atoms with Crippen LogP contribution in [-0.2, 0) is 4.43 Å². The van der Waals surface area contributed by atoms with Gasteiger partial charge in [-0.25, -0.2) is 0 Å². The largest absolute Gasteiger partial charge is 0.544 e. The van der Waals surface area contributed by atoms with Gasteiger partial charge in [-0.3, -0.25) is 0 Å². The highest BCUT2D eigenvalue weighted by Crippen LogP contribution is 2.27. The smallest absolute Gasteiger partial charge is 0.306 e. The van der Waals surface area contributed by atoms with Crippen molar-refractivity contribution >= 4 is 9.76 Å². The maximum Gasteiger partial charge on any atom is 0.306 e. The van der Waals surface area contributed by atoms with Crippen molar-refractivity contribution in [3.05, 3.63) is 36.6 Å². The van der Waals surface area contributed by atoms with Crippen LogP contribution in [0.5, 0.6) is 0 Å². The van der Waals surface area contributed by atoms with Crippen molar-refractivity contribution < 1.29 is 4.43 Å². The molecule has 0 aromatic carbocycles. The lowest BCUT2D eigenvalue weighted by Crippen LogP contribution is -2.10. The lowest BCUT2D eigenvalue weighted by molar-refractivity contribution is 0.386. The first-order valence-electron chi connectivity index (χ1n) is 4.97. The van der Waals surface area contributed by atoms with E-state index in [0.717, 1.165) is 29.7 Å². The molecule has 14 heavy (non-hydrogen) atoms. The zero-order chi connectivity index (χ0) is 11.1. The van der Waals surface area contributed by atoms with E-state index in [1.807, 2.05) is 6.55 Å².